The first-order valence-corrected chi connectivity index (χ1v) is 5.77. The van der Waals surface area contributed by atoms with Gasteiger partial charge in [0, 0.05) is 17.3 Å². The fourth-order valence-electron chi connectivity index (χ4n) is 1.68. The number of aliphatic carboxylic acids is 1. The highest BCUT2D eigenvalue weighted by atomic mass is 16.4. The molecular formula is C15H13NO3. The molecule has 0 bridgehead atoms. The van der Waals surface area contributed by atoms with E-state index < -0.39 is 5.97 Å². The molecule has 0 aliphatic heterocycles. The summed E-state index contributed by atoms with van der Waals surface area (Å²) < 4.78 is 0. The molecule has 0 spiro atoms. The predicted octanol–water partition coefficient (Wildman–Crippen LogP) is 2.45. The molecule has 2 N–H and O–H groups in total. The minimum Gasteiger partial charge on any atom is -0.478 e. The van der Waals surface area contributed by atoms with E-state index in [1.165, 1.54) is 6.08 Å². The monoisotopic (exact) mass is 255 g/mol. The summed E-state index contributed by atoms with van der Waals surface area (Å²) in [7, 11) is 0. The summed E-state index contributed by atoms with van der Waals surface area (Å²) in [5, 5.41) is 8.53. The third-order valence-corrected chi connectivity index (χ3v) is 2.71. The van der Waals surface area contributed by atoms with Crippen molar-refractivity contribution < 1.29 is 9.90 Å². The highest BCUT2D eigenvalue weighted by Gasteiger charge is 2.01. The van der Waals surface area contributed by atoms with Gasteiger partial charge in [-0.3, -0.25) is 4.79 Å². The van der Waals surface area contributed by atoms with E-state index in [1.807, 2.05) is 31.2 Å². The third kappa shape index (κ3) is 3.19. The summed E-state index contributed by atoms with van der Waals surface area (Å²) in [6.45, 7) is 1.99. The van der Waals surface area contributed by atoms with Gasteiger partial charge < -0.3 is 10.1 Å². The van der Waals surface area contributed by atoms with Crippen LogP contribution in [0.25, 0.3) is 17.3 Å². The Kier molecular flexibility index (Phi) is 3.61. The largest absolute Gasteiger partial charge is 0.478 e. The molecule has 0 amide bonds. The van der Waals surface area contributed by atoms with Crippen molar-refractivity contribution in [2.45, 2.75) is 6.92 Å². The van der Waals surface area contributed by atoms with Crippen LogP contribution in [0.2, 0.25) is 0 Å². The minimum absolute atomic E-state index is 0.310. The van der Waals surface area contributed by atoms with Crippen molar-refractivity contribution in [3.05, 3.63) is 64.0 Å². The molecule has 0 radical (unpaired) electrons. The second-order valence-electron chi connectivity index (χ2n) is 4.19. The van der Waals surface area contributed by atoms with Gasteiger partial charge in [0.15, 0.2) is 0 Å². The number of pyridine rings is 1. The molecule has 0 saturated heterocycles. The van der Waals surface area contributed by atoms with Crippen LogP contribution in [0.5, 0.6) is 0 Å². The Morgan fingerprint density at radius 3 is 2.42 bits per heavy atom. The highest BCUT2D eigenvalue weighted by Crippen LogP contribution is 2.16. The van der Waals surface area contributed by atoms with Crippen molar-refractivity contribution in [3.8, 4) is 11.3 Å². The Labute approximate surface area is 110 Å². The van der Waals surface area contributed by atoms with Crippen LogP contribution in [0.1, 0.15) is 11.1 Å². The van der Waals surface area contributed by atoms with Gasteiger partial charge in [-0.05, 0) is 30.7 Å². The Bertz CT molecular complexity index is 681. The summed E-state index contributed by atoms with van der Waals surface area (Å²) in [5.41, 5.74) is 2.77. The SMILES string of the molecule is Cc1ccc(-c2ccc(/C=C/C(=O)O)c(=O)[nH]2)cc1. The molecule has 1 aromatic carbocycles. The van der Waals surface area contributed by atoms with Crippen molar-refractivity contribution in [1.82, 2.24) is 4.98 Å². The molecule has 96 valence electrons. The highest BCUT2D eigenvalue weighted by molar-refractivity contribution is 5.85. The zero-order valence-electron chi connectivity index (χ0n) is 10.4. The standard InChI is InChI=1S/C15H13NO3/c1-10-2-4-11(5-3-10)13-8-6-12(15(19)16-13)7-9-14(17)18/h2-9H,1H3,(H,16,19)(H,17,18)/b9-7+. The van der Waals surface area contributed by atoms with Crippen molar-refractivity contribution in [3.63, 3.8) is 0 Å². The van der Waals surface area contributed by atoms with E-state index >= 15 is 0 Å². The number of rotatable bonds is 3. The zero-order valence-corrected chi connectivity index (χ0v) is 10.4. The van der Waals surface area contributed by atoms with Crippen LogP contribution in [-0.4, -0.2) is 16.1 Å². The number of H-pyrrole nitrogens is 1. The van der Waals surface area contributed by atoms with Crippen LogP contribution in [0.4, 0.5) is 0 Å². The summed E-state index contributed by atoms with van der Waals surface area (Å²) in [4.78, 5) is 24.9. The van der Waals surface area contributed by atoms with E-state index in [0.29, 0.717) is 11.3 Å². The lowest BCUT2D eigenvalue weighted by atomic mass is 10.1. The second-order valence-corrected chi connectivity index (χ2v) is 4.19. The number of carboxylic acids is 1. The molecule has 0 aliphatic rings. The molecule has 0 saturated carbocycles. The van der Waals surface area contributed by atoms with Gasteiger partial charge in [-0.15, -0.1) is 0 Å². The van der Waals surface area contributed by atoms with Gasteiger partial charge in [0.25, 0.3) is 5.56 Å². The maximum absolute atomic E-state index is 11.8. The number of aromatic nitrogens is 1. The Morgan fingerprint density at radius 1 is 1.16 bits per heavy atom. The first-order chi connectivity index (χ1) is 9.06. The molecular weight excluding hydrogens is 242 g/mol. The van der Waals surface area contributed by atoms with Crippen molar-refractivity contribution in [1.29, 1.82) is 0 Å². The van der Waals surface area contributed by atoms with Crippen LogP contribution in [0.15, 0.2) is 47.3 Å². The molecule has 0 fully saturated rings. The number of hydrogen-bond acceptors (Lipinski definition) is 2. The van der Waals surface area contributed by atoms with Gasteiger partial charge in [-0.1, -0.05) is 29.8 Å². The first kappa shape index (κ1) is 12.8. The summed E-state index contributed by atoms with van der Waals surface area (Å²) >= 11 is 0. The maximum Gasteiger partial charge on any atom is 0.328 e. The van der Waals surface area contributed by atoms with E-state index in [9.17, 15) is 9.59 Å². The van der Waals surface area contributed by atoms with E-state index in [1.54, 1.807) is 12.1 Å². The Balaban J connectivity index is 2.36. The van der Waals surface area contributed by atoms with Crippen molar-refractivity contribution in [2.24, 2.45) is 0 Å². The van der Waals surface area contributed by atoms with Crippen LogP contribution in [0.3, 0.4) is 0 Å². The molecule has 0 atom stereocenters. The number of carbonyl (C=O) groups is 1. The van der Waals surface area contributed by atoms with Crippen molar-refractivity contribution >= 4 is 12.0 Å². The first-order valence-electron chi connectivity index (χ1n) is 5.77. The van der Waals surface area contributed by atoms with E-state index in [4.69, 9.17) is 5.11 Å². The molecule has 19 heavy (non-hydrogen) atoms. The van der Waals surface area contributed by atoms with Gasteiger partial charge in [-0.2, -0.15) is 0 Å². The summed E-state index contributed by atoms with van der Waals surface area (Å²) in [6, 6.07) is 11.1. The molecule has 1 heterocycles. The van der Waals surface area contributed by atoms with Crippen molar-refractivity contribution in [2.75, 3.05) is 0 Å². The second kappa shape index (κ2) is 5.35. The maximum atomic E-state index is 11.8. The topological polar surface area (TPSA) is 70.2 Å². The van der Waals surface area contributed by atoms with Crippen LogP contribution >= 0.6 is 0 Å². The van der Waals surface area contributed by atoms with E-state index in [2.05, 4.69) is 4.98 Å². The van der Waals surface area contributed by atoms with Gasteiger partial charge in [-0.25, -0.2) is 4.79 Å². The lowest BCUT2D eigenvalue weighted by Gasteiger charge is -2.02. The van der Waals surface area contributed by atoms with Gasteiger partial charge in [0.05, 0.1) is 0 Å². The molecule has 0 aliphatic carbocycles. The quantitative estimate of drug-likeness (QED) is 0.827. The lowest BCUT2D eigenvalue weighted by molar-refractivity contribution is -0.131. The normalized spacial score (nSPS) is 10.8. The molecule has 0 unspecified atom stereocenters. The van der Waals surface area contributed by atoms with E-state index in [0.717, 1.165) is 17.2 Å². The van der Waals surface area contributed by atoms with Gasteiger partial charge in [0.2, 0.25) is 0 Å². The number of benzene rings is 1. The minimum atomic E-state index is -1.08. The predicted molar refractivity (Wildman–Crippen MR) is 73.9 cm³/mol. The smallest absolute Gasteiger partial charge is 0.328 e. The lowest BCUT2D eigenvalue weighted by Crippen LogP contribution is -2.09. The molecule has 4 heteroatoms. The summed E-state index contributed by atoms with van der Waals surface area (Å²) in [6.07, 6.45) is 2.22. The van der Waals surface area contributed by atoms with Gasteiger partial charge in [0.1, 0.15) is 0 Å². The Hall–Kier alpha value is -2.62. The van der Waals surface area contributed by atoms with Crippen LogP contribution in [0, 0.1) is 6.92 Å². The number of nitrogens with one attached hydrogen (secondary N) is 1. The Morgan fingerprint density at radius 2 is 1.84 bits per heavy atom. The third-order valence-electron chi connectivity index (χ3n) is 2.71. The van der Waals surface area contributed by atoms with Crippen LogP contribution < -0.4 is 5.56 Å². The number of carboxylic acid groups (broad SMARTS) is 1. The zero-order chi connectivity index (χ0) is 13.8. The fraction of sp³-hybridized carbons (Fsp3) is 0.0667. The average molecular weight is 255 g/mol. The molecule has 2 rings (SSSR count). The van der Waals surface area contributed by atoms with Crippen LogP contribution in [-0.2, 0) is 4.79 Å². The number of aryl methyl sites for hydroxylation is 1. The number of hydrogen-bond donors (Lipinski definition) is 2. The number of aromatic amines is 1. The molecule has 4 nitrogen and oxygen atoms in total. The molecule has 2 aromatic rings. The van der Waals surface area contributed by atoms with E-state index in [-0.39, 0.29) is 5.56 Å². The fourth-order valence-corrected chi connectivity index (χ4v) is 1.68. The van der Waals surface area contributed by atoms with Gasteiger partial charge >= 0.3 is 5.97 Å². The summed E-state index contributed by atoms with van der Waals surface area (Å²) in [5.74, 6) is -1.08. The molecule has 1 aromatic heterocycles. The average Bonchev–Trinajstić information content (AvgIpc) is 2.38.